The molecule has 4 bridgehead atoms. The van der Waals surface area contributed by atoms with Crippen LogP contribution in [-0.2, 0) is 9.47 Å². The molecule has 3 nitrogen and oxygen atoms in total. The molecule has 18 heavy (non-hydrogen) atoms. The van der Waals surface area contributed by atoms with Crippen LogP contribution in [0.5, 0.6) is 0 Å². The second kappa shape index (κ2) is 4.01. The lowest BCUT2D eigenvalue weighted by molar-refractivity contribution is -0.0215. The highest BCUT2D eigenvalue weighted by molar-refractivity contribution is 5.60. The maximum Gasteiger partial charge on any atom is 0.508 e. The van der Waals surface area contributed by atoms with Crippen molar-refractivity contribution >= 4 is 6.16 Å². The molecule has 4 aliphatic rings. The average molecular weight is 248 g/mol. The molecule has 0 aromatic heterocycles. The lowest BCUT2D eigenvalue weighted by Crippen LogP contribution is -2.28. The first-order chi connectivity index (χ1) is 8.78. The summed E-state index contributed by atoms with van der Waals surface area (Å²) in [6.45, 7) is 0. The van der Waals surface area contributed by atoms with Crippen molar-refractivity contribution in [2.45, 2.75) is 50.7 Å². The molecule has 0 aliphatic heterocycles. The Hall–Kier alpha value is -0.990. The number of hydrogen-bond acceptors (Lipinski definition) is 3. The summed E-state index contributed by atoms with van der Waals surface area (Å²) >= 11 is 0. The average Bonchev–Trinajstić information content (AvgIpc) is 3.08. The predicted octanol–water partition coefficient (Wildman–Crippen LogP) is 3.29. The van der Waals surface area contributed by atoms with E-state index < -0.39 is 6.16 Å². The van der Waals surface area contributed by atoms with Gasteiger partial charge in [-0.1, -0.05) is 12.2 Å². The van der Waals surface area contributed by atoms with Gasteiger partial charge in [0, 0.05) is 5.92 Å². The molecule has 4 rings (SSSR count). The molecule has 0 aromatic carbocycles. The maximum absolute atomic E-state index is 11.8. The van der Waals surface area contributed by atoms with Crippen molar-refractivity contribution in [3.8, 4) is 0 Å². The summed E-state index contributed by atoms with van der Waals surface area (Å²) in [7, 11) is 0. The van der Waals surface area contributed by atoms with Crippen LogP contribution in [0.3, 0.4) is 0 Å². The van der Waals surface area contributed by atoms with Gasteiger partial charge in [0.1, 0.15) is 12.2 Å². The minimum absolute atomic E-state index is 0.0751. The minimum Gasteiger partial charge on any atom is -0.431 e. The van der Waals surface area contributed by atoms with Gasteiger partial charge in [0.05, 0.1) is 0 Å². The van der Waals surface area contributed by atoms with Crippen LogP contribution in [0.2, 0.25) is 0 Å². The second-order valence-corrected chi connectivity index (χ2v) is 6.52. The van der Waals surface area contributed by atoms with E-state index in [1.54, 1.807) is 0 Å². The molecule has 0 aromatic rings. The molecule has 0 radical (unpaired) electrons. The van der Waals surface area contributed by atoms with Gasteiger partial charge in [-0.2, -0.15) is 0 Å². The Kier molecular flexibility index (Phi) is 2.42. The molecule has 6 unspecified atom stereocenters. The number of hydrogen-bond donors (Lipinski definition) is 0. The topological polar surface area (TPSA) is 35.5 Å². The Balaban J connectivity index is 1.31. The van der Waals surface area contributed by atoms with Gasteiger partial charge in [-0.3, -0.25) is 0 Å². The first kappa shape index (κ1) is 10.9. The zero-order chi connectivity index (χ0) is 12.1. The van der Waals surface area contributed by atoms with Gasteiger partial charge >= 0.3 is 6.16 Å². The molecule has 98 valence electrons. The first-order valence-corrected chi connectivity index (χ1v) is 7.33. The third-order valence-electron chi connectivity index (χ3n) is 5.39. The fourth-order valence-electron chi connectivity index (χ4n) is 4.47. The summed E-state index contributed by atoms with van der Waals surface area (Å²) in [6, 6.07) is 0. The molecule has 3 saturated carbocycles. The van der Waals surface area contributed by atoms with Crippen molar-refractivity contribution in [1.29, 1.82) is 0 Å². The smallest absolute Gasteiger partial charge is 0.431 e. The maximum atomic E-state index is 11.8. The van der Waals surface area contributed by atoms with E-state index in [2.05, 4.69) is 12.2 Å². The van der Waals surface area contributed by atoms with E-state index in [0.29, 0.717) is 17.8 Å². The molecular formula is C15H20O3. The molecule has 3 fully saturated rings. The first-order valence-electron chi connectivity index (χ1n) is 7.33. The normalized spacial score (nSPS) is 47.8. The predicted molar refractivity (Wildman–Crippen MR) is 65.9 cm³/mol. The number of rotatable bonds is 2. The minimum atomic E-state index is -0.418. The molecule has 3 heteroatoms. The Morgan fingerprint density at radius 2 is 1.83 bits per heavy atom. The summed E-state index contributed by atoms with van der Waals surface area (Å²) in [4.78, 5) is 11.8. The molecule has 0 spiro atoms. The van der Waals surface area contributed by atoms with E-state index in [-0.39, 0.29) is 12.2 Å². The van der Waals surface area contributed by atoms with Gasteiger partial charge in [0.2, 0.25) is 0 Å². The van der Waals surface area contributed by atoms with E-state index in [1.807, 2.05) is 0 Å². The highest BCUT2D eigenvalue weighted by Gasteiger charge is 2.43. The summed E-state index contributed by atoms with van der Waals surface area (Å²) < 4.78 is 11.0. The van der Waals surface area contributed by atoms with Crippen LogP contribution >= 0.6 is 0 Å². The molecule has 0 amide bonds. The Morgan fingerprint density at radius 1 is 0.944 bits per heavy atom. The number of carbonyl (C=O) groups is 1. The van der Waals surface area contributed by atoms with Crippen molar-refractivity contribution in [2.24, 2.45) is 23.7 Å². The van der Waals surface area contributed by atoms with Crippen LogP contribution in [0.4, 0.5) is 4.79 Å². The molecule has 0 N–H and O–H groups in total. The number of ether oxygens (including phenoxy) is 2. The van der Waals surface area contributed by atoms with E-state index in [1.165, 1.54) is 19.3 Å². The number of fused-ring (bicyclic) bond motifs is 4. The highest BCUT2D eigenvalue weighted by Crippen LogP contribution is 2.46. The van der Waals surface area contributed by atoms with Crippen molar-refractivity contribution in [3.05, 3.63) is 12.2 Å². The van der Waals surface area contributed by atoms with E-state index >= 15 is 0 Å². The fraction of sp³-hybridized carbons (Fsp3) is 0.800. The van der Waals surface area contributed by atoms with Crippen LogP contribution < -0.4 is 0 Å². The monoisotopic (exact) mass is 248 g/mol. The van der Waals surface area contributed by atoms with Gasteiger partial charge in [-0.05, 0) is 56.3 Å². The van der Waals surface area contributed by atoms with Gasteiger partial charge in [-0.25, -0.2) is 4.79 Å². The number of carbonyl (C=O) groups excluding carboxylic acids is 1. The van der Waals surface area contributed by atoms with Gasteiger partial charge in [0.25, 0.3) is 0 Å². The third-order valence-corrected chi connectivity index (χ3v) is 5.39. The van der Waals surface area contributed by atoms with Gasteiger partial charge in [0.15, 0.2) is 0 Å². The van der Waals surface area contributed by atoms with Crippen molar-refractivity contribution < 1.29 is 14.3 Å². The van der Waals surface area contributed by atoms with Crippen molar-refractivity contribution in [2.75, 3.05) is 0 Å². The molecular weight excluding hydrogens is 228 g/mol. The molecule has 6 atom stereocenters. The van der Waals surface area contributed by atoms with Crippen LogP contribution in [0.25, 0.3) is 0 Å². The third kappa shape index (κ3) is 1.75. The Morgan fingerprint density at radius 3 is 2.44 bits per heavy atom. The van der Waals surface area contributed by atoms with E-state index in [0.717, 1.165) is 25.2 Å². The summed E-state index contributed by atoms with van der Waals surface area (Å²) in [6.07, 6.45) is 11.3. The quantitative estimate of drug-likeness (QED) is 0.555. The highest BCUT2D eigenvalue weighted by atomic mass is 16.7. The van der Waals surface area contributed by atoms with Crippen molar-refractivity contribution in [1.82, 2.24) is 0 Å². The van der Waals surface area contributed by atoms with Crippen LogP contribution in [-0.4, -0.2) is 18.4 Å². The van der Waals surface area contributed by atoms with Crippen LogP contribution in [0.15, 0.2) is 12.2 Å². The van der Waals surface area contributed by atoms with Crippen LogP contribution in [0, 0.1) is 23.7 Å². The molecule has 0 heterocycles. The summed E-state index contributed by atoms with van der Waals surface area (Å²) in [5.74, 6) is 2.50. The van der Waals surface area contributed by atoms with Gasteiger partial charge in [-0.15, -0.1) is 0 Å². The molecule has 4 aliphatic carbocycles. The van der Waals surface area contributed by atoms with Crippen LogP contribution in [0.1, 0.15) is 38.5 Å². The second-order valence-electron chi connectivity index (χ2n) is 6.52. The summed E-state index contributed by atoms with van der Waals surface area (Å²) in [5, 5.41) is 0. The SMILES string of the molecule is O=C(OC1CC2C=CC1C2)OC1CC2CCC1C2. The molecule has 0 saturated heterocycles. The lowest BCUT2D eigenvalue weighted by Gasteiger charge is -2.24. The fourth-order valence-corrected chi connectivity index (χ4v) is 4.47. The Labute approximate surface area is 108 Å². The largest absolute Gasteiger partial charge is 0.508 e. The van der Waals surface area contributed by atoms with Gasteiger partial charge < -0.3 is 9.47 Å². The lowest BCUT2D eigenvalue weighted by atomic mass is 9.98. The van der Waals surface area contributed by atoms with Crippen molar-refractivity contribution in [3.63, 3.8) is 0 Å². The van der Waals surface area contributed by atoms with E-state index in [4.69, 9.17) is 9.47 Å². The zero-order valence-corrected chi connectivity index (χ0v) is 10.6. The summed E-state index contributed by atoms with van der Waals surface area (Å²) in [5.41, 5.74) is 0. The zero-order valence-electron chi connectivity index (χ0n) is 10.6. The Bertz CT molecular complexity index is 389. The van der Waals surface area contributed by atoms with E-state index in [9.17, 15) is 4.79 Å². The standard InChI is InChI=1S/C15H20O3/c16-15(17-13-7-9-1-3-11(13)5-9)18-14-8-10-2-4-12(14)6-10/h1,3,9-14H,2,4-8H2. The number of allylic oxidation sites excluding steroid dienone is 1.